The predicted molar refractivity (Wildman–Crippen MR) is 84.0 cm³/mol. The first-order valence-corrected chi connectivity index (χ1v) is 7.40. The summed E-state index contributed by atoms with van der Waals surface area (Å²) in [6.07, 6.45) is 5.59. The van der Waals surface area contributed by atoms with Crippen LogP contribution in [-0.2, 0) is 4.79 Å². The average Bonchev–Trinajstić information content (AvgIpc) is 2.81. The zero-order chi connectivity index (χ0) is 15.4. The lowest BCUT2D eigenvalue weighted by atomic mass is 10.1. The summed E-state index contributed by atoms with van der Waals surface area (Å²) in [5.41, 5.74) is 7.38. The van der Waals surface area contributed by atoms with Gasteiger partial charge in [0.25, 0.3) is 0 Å². The second kappa shape index (κ2) is 6.67. The van der Waals surface area contributed by atoms with Crippen LogP contribution >= 0.6 is 0 Å². The lowest BCUT2D eigenvalue weighted by Crippen LogP contribution is -2.26. The Morgan fingerprint density at radius 3 is 2.86 bits per heavy atom. The second-order valence-corrected chi connectivity index (χ2v) is 5.62. The predicted octanol–water partition coefficient (Wildman–Crippen LogP) is 2.47. The molecule has 3 N–H and O–H groups in total. The van der Waals surface area contributed by atoms with Gasteiger partial charge in [-0.25, -0.2) is 9.67 Å². The fourth-order valence-corrected chi connectivity index (χ4v) is 2.31. The Labute approximate surface area is 124 Å². The van der Waals surface area contributed by atoms with Gasteiger partial charge in [0.15, 0.2) is 5.65 Å². The highest BCUT2D eigenvalue weighted by Crippen LogP contribution is 2.19. The number of amides is 1. The molecule has 0 aliphatic rings. The van der Waals surface area contributed by atoms with Crippen LogP contribution in [-0.4, -0.2) is 26.7 Å². The van der Waals surface area contributed by atoms with Gasteiger partial charge in [0.2, 0.25) is 5.91 Å². The highest BCUT2D eigenvalue weighted by molar-refractivity contribution is 5.92. The molecule has 1 atom stereocenters. The number of nitrogens with zero attached hydrogens (tertiary/aromatic N) is 3. The molecule has 0 radical (unpaired) electrons. The fraction of sp³-hybridized carbons (Fsp3) is 0.533. The molecule has 0 aliphatic heterocycles. The van der Waals surface area contributed by atoms with E-state index in [0.717, 1.165) is 23.9 Å². The van der Waals surface area contributed by atoms with E-state index in [-0.39, 0.29) is 18.0 Å². The minimum atomic E-state index is -0.0876. The molecule has 0 aliphatic carbocycles. The number of carbonyl (C=O) groups is 1. The summed E-state index contributed by atoms with van der Waals surface area (Å²) >= 11 is 0. The Kier molecular flexibility index (Phi) is 4.90. The van der Waals surface area contributed by atoms with Crippen LogP contribution in [0.25, 0.3) is 11.0 Å². The van der Waals surface area contributed by atoms with Gasteiger partial charge in [-0.2, -0.15) is 5.10 Å². The smallest absolute Gasteiger partial charge is 0.225 e. The number of nitrogens with one attached hydrogen (secondary N) is 1. The van der Waals surface area contributed by atoms with Crippen molar-refractivity contribution in [2.75, 3.05) is 5.32 Å². The zero-order valence-electron chi connectivity index (χ0n) is 12.8. The third-order valence-corrected chi connectivity index (χ3v) is 3.31. The van der Waals surface area contributed by atoms with Crippen LogP contribution < -0.4 is 11.1 Å². The van der Waals surface area contributed by atoms with Crippen LogP contribution in [0.15, 0.2) is 18.5 Å². The van der Waals surface area contributed by atoms with E-state index in [2.05, 4.69) is 36.2 Å². The second-order valence-electron chi connectivity index (χ2n) is 5.62. The van der Waals surface area contributed by atoms with Crippen molar-refractivity contribution < 1.29 is 4.79 Å². The molecule has 1 unspecified atom stereocenters. The molecule has 6 heteroatoms. The Hall–Kier alpha value is -1.95. The van der Waals surface area contributed by atoms with Gasteiger partial charge in [0.1, 0.15) is 0 Å². The molecule has 6 nitrogen and oxygen atoms in total. The Balaban J connectivity index is 2.08. The van der Waals surface area contributed by atoms with Gasteiger partial charge in [-0.15, -0.1) is 0 Å². The van der Waals surface area contributed by atoms with E-state index in [1.165, 1.54) is 0 Å². The normalized spacial score (nSPS) is 12.8. The Morgan fingerprint density at radius 2 is 2.19 bits per heavy atom. The van der Waals surface area contributed by atoms with Gasteiger partial charge < -0.3 is 11.1 Å². The molecule has 2 aromatic heterocycles. The fourth-order valence-electron chi connectivity index (χ4n) is 2.31. The molecule has 2 aromatic rings. The van der Waals surface area contributed by atoms with Gasteiger partial charge in [-0.3, -0.25) is 4.79 Å². The number of hydrogen-bond donors (Lipinski definition) is 2. The zero-order valence-corrected chi connectivity index (χ0v) is 12.8. The van der Waals surface area contributed by atoms with Crippen LogP contribution in [0.1, 0.15) is 46.1 Å². The highest BCUT2D eigenvalue weighted by atomic mass is 16.1. The van der Waals surface area contributed by atoms with Crippen LogP contribution in [0.4, 0.5) is 5.69 Å². The van der Waals surface area contributed by atoms with Crippen LogP contribution in [0.2, 0.25) is 0 Å². The largest absolute Gasteiger partial charge is 0.327 e. The average molecular weight is 289 g/mol. The topological polar surface area (TPSA) is 85.8 Å². The summed E-state index contributed by atoms with van der Waals surface area (Å²) in [6.45, 7) is 6.17. The maximum Gasteiger partial charge on any atom is 0.225 e. The maximum atomic E-state index is 11.9. The minimum Gasteiger partial charge on any atom is -0.327 e. The van der Waals surface area contributed by atoms with E-state index in [1.54, 1.807) is 12.4 Å². The molecular formula is C15H23N5O. The first-order valence-electron chi connectivity index (χ1n) is 7.40. The molecular weight excluding hydrogens is 266 g/mol. The first-order chi connectivity index (χ1) is 10.0. The molecule has 0 fully saturated rings. The van der Waals surface area contributed by atoms with Gasteiger partial charge in [-0.1, -0.05) is 13.3 Å². The van der Waals surface area contributed by atoms with Crippen molar-refractivity contribution in [1.82, 2.24) is 14.8 Å². The van der Waals surface area contributed by atoms with Gasteiger partial charge in [-0.05, 0) is 26.3 Å². The van der Waals surface area contributed by atoms with Crippen LogP contribution in [0, 0.1) is 0 Å². The summed E-state index contributed by atoms with van der Waals surface area (Å²) in [7, 11) is 0. The molecule has 114 valence electrons. The molecule has 21 heavy (non-hydrogen) atoms. The quantitative estimate of drug-likeness (QED) is 0.855. The summed E-state index contributed by atoms with van der Waals surface area (Å²) in [4.78, 5) is 16.3. The molecule has 0 saturated carbocycles. The first kappa shape index (κ1) is 15.4. The monoisotopic (exact) mass is 289 g/mol. The lowest BCUT2D eigenvalue weighted by molar-refractivity contribution is -0.116. The lowest BCUT2D eigenvalue weighted by Gasteiger charge is -2.11. The van der Waals surface area contributed by atoms with Gasteiger partial charge in [0.05, 0.1) is 18.1 Å². The van der Waals surface area contributed by atoms with E-state index in [4.69, 9.17) is 5.73 Å². The van der Waals surface area contributed by atoms with Crippen molar-refractivity contribution >= 4 is 22.6 Å². The maximum absolute atomic E-state index is 11.9. The number of anilines is 1. The van der Waals surface area contributed by atoms with Crippen molar-refractivity contribution in [3.05, 3.63) is 18.5 Å². The Bertz CT molecular complexity index is 620. The number of aromatic nitrogens is 3. The molecule has 0 bridgehead atoms. The molecule has 0 saturated heterocycles. The number of rotatable bonds is 6. The molecule has 2 rings (SSSR count). The minimum absolute atomic E-state index is 0.0756. The summed E-state index contributed by atoms with van der Waals surface area (Å²) in [5.74, 6) is -0.0756. The molecule has 0 spiro atoms. The summed E-state index contributed by atoms with van der Waals surface area (Å²) < 4.78 is 1.86. The molecule has 1 amide bonds. The summed E-state index contributed by atoms with van der Waals surface area (Å²) in [6, 6.07) is 2.05. The van der Waals surface area contributed by atoms with Crippen molar-refractivity contribution in [3.63, 3.8) is 0 Å². The number of hydrogen-bond acceptors (Lipinski definition) is 4. The van der Waals surface area contributed by atoms with Crippen molar-refractivity contribution in [1.29, 1.82) is 0 Å². The van der Waals surface area contributed by atoms with Gasteiger partial charge >= 0.3 is 0 Å². The van der Waals surface area contributed by atoms with Crippen LogP contribution in [0.3, 0.4) is 0 Å². The number of carbonyl (C=O) groups excluding carboxylic acids is 1. The van der Waals surface area contributed by atoms with E-state index in [0.29, 0.717) is 12.1 Å². The van der Waals surface area contributed by atoms with E-state index < -0.39 is 0 Å². The number of nitrogens with two attached hydrogens (primary N) is 1. The standard InChI is InChI=1S/C15H23N5O/c1-4-5-12(16)7-14(21)19-13-6-11-8-18-20(10(2)3)15(11)17-9-13/h6,8-10,12H,4-5,7,16H2,1-3H3,(H,19,21). The number of fused-ring (bicyclic) bond motifs is 1. The highest BCUT2D eigenvalue weighted by Gasteiger charge is 2.11. The van der Waals surface area contributed by atoms with E-state index in [9.17, 15) is 4.79 Å². The number of pyridine rings is 1. The summed E-state index contributed by atoms with van der Waals surface area (Å²) in [5, 5.41) is 8.07. The molecule has 0 aromatic carbocycles. The third-order valence-electron chi connectivity index (χ3n) is 3.31. The Morgan fingerprint density at radius 1 is 1.43 bits per heavy atom. The third kappa shape index (κ3) is 3.78. The van der Waals surface area contributed by atoms with Crippen molar-refractivity contribution in [3.8, 4) is 0 Å². The SMILES string of the molecule is CCCC(N)CC(=O)Nc1cnc2c(cnn2C(C)C)c1. The molecule has 2 heterocycles. The van der Waals surface area contributed by atoms with Crippen molar-refractivity contribution in [2.45, 2.75) is 52.1 Å². The van der Waals surface area contributed by atoms with Crippen LogP contribution in [0.5, 0.6) is 0 Å². The van der Waals surface area contributed by atoms with E-state index >= 15 is 0 Å². The van der Waals surface area contributed by atoms with Crippen molar-refractivity contribution in [2.24, 2.45) is 5.73 Å². The van der Waals surface area contributed by atoms with E-state index in [1.807, 2.05) is 10.7 Å². The van der Waals surface area contributed by atoms with Gasteiger partial charge in [0, 0.05) is 23.9 Å².